The van der Waals surface area contributed by atoms with Crippen molar-refractivity contribution < 1.29 is 15.3 Å². The molecule has 0 radical (unpaired) electrons. The lowest BCUT2D eigenvalue weighted by molar-refractivity contribution is 0.392. The Morgan fingerprint density at radius 1 is 0.737 bits per heavy atom. The van der Waals surface area contributed by atoms with E-state index < -0.39 is 0 Å². The molecule has 0 amide bonds. The van der Waals surface area contributed by atoms with Crippen molar-refractivity contribution >= 4 is 0 Å². The largest absolute Gasteiger partial charge is 0.507 e. The summed E-state index contributed by atoms with van der Waals surface area (Å²) in [6, 6.07) is 9.09. The van der Waals surface area contributed by atoms with E-state index in [1.165, 1.54) is 0 Å². The van der Waals surface area contributed by atoms with Gasteiger partial charge in [0, 0.05) is 11.1 Å². The Balaban J connectivity index is 2.79. The van der Waals surface area contributed by atoms with Gasteiger partial charge in [-0.1, -0.05) is 44.2 Å². The Labute approximate surface area is 112 Å². The Hall–Kier alpha value is -2.16. The quantitative estimate of drug-likeness (QED) is 0.582. The third-order valence-corrected chi connectivity index (χ3v) is 3.40. The molecule has 100 valence electrons. The number of hydrogen-bond donors (Lipinski definition) is 3. The molecule has 0 fully saturated rings. The SMILES string of the molecule is CCc1c(O)c(O)c(-c2ccccc2)c(O)c1CC. The van der Waals surface area contributed by atoms with Crippen LogP contribution in [0.2, 0.25) is 0 Å². The topological polar surface area (TPSA) is 60.7 Å². The highest BCUT2D eigenvalue weighted by atomic mass is 16.3. The first-order valence-electron chi connectivity index (χ1n) is 6.45. The molecule has 0 aliphatic carbocycles. The summed E-state index contributed by atoms with van der Waals surface area (Å²) in [6.07, 6.45) is 1.16. The summed E-state index contributed by atoms with van der Waals surface area (Å²) >= 11 is 0. The molecule has 3 N–H and O–H groups in total. The molecule has 0 spiro atoms. The highest BCUT2D eigenvalue weighted by Gasteiger charge is 2.22. The van der Waals surface area contributed by atoms with Gasteiger partial charge in [-0.05, 0) is 18.4 Å². The van der Waals surface area contributed by atoms with Gasteiger partial charge >= 0.3 is 0 Å². The van der Waals surface area contributed by atoms with Crippen LogP contribution < -0.4 is 0 Å². The first-order chi connectivity index (χ1) is 9.11. The minimum Gasteiger partial charge on any atom is -0.507 e. The molecular formula is C16H18O3. The number of phenolic OH excluding ortho intramolecular Hbond substituents is 3. The lowest BCUT2D eigenvalue weighted by Gasteiger charge is -2.17. The Morgan fingerprint density at radius 3 is 1.79 bits per heavy atom. The number of phenols is 3. The van der Waals surface area contributed by atoms with Crippen LogP contribution in [0.15, 0.2) is 30.3 Å². The number of hydrogen-bond acceptors (Lipinski definition) is 3. The maximum atomic E-state index is 10.4. The van der Waals surface area contributed by atoms with E-state index in [2.05, 4.69) is 0 Å². The summed E-state index contributed by atoms with van der Waals surface area (Å²) < 4.78 is 0. The van der Waals surface area contributed by atoms with Crippen molar-refractivity contribution in [2.45, 2.75) is 26.7 Å². The van der Waals surface area contributed by atoms with Gasteiger partial charge in [0.2, 0.25) is 0 Å². The average molecular weight is 258 g/mol. The summed E-state index contributed by atoms with van der Waals surface area (Å²) in [5, 5.41) is 30.7. The van der Waals surface area contributed by atoms with E-state index in [0.717, 1.165) is 0 Å². The Kier molecular flexibility index (Phi) is 3.65. The summed E-state index contributed by atoms with van der Waals surface area (Å²) in [4.78, 5) is 0. The van der Waals surface area contributed by atoms with Gasteiger partial charge in [0.05, 0.1) is 5.56 Å². The van der Waals surface area contributed by atoms with Gasteiger partial charge in [0.1, 0.15) is 5.75 Å². The van der Waals surface area contributed by atoms with Crippen LogP contribution in [-0.4, -0.2) is 15.3 Å². The monoisotopic (exact) mass is 258 g/mol. The maximum Gasteiger partial charge on any atom is 0.169 e. The second-order valence-corrected chi connectivity index (χ2v) is 4.45. The predicted octanol–water partition coefficient (Wildman–Crippen LogP) is 3.60. The molecule has 0 aliphatic rings. The minimum atomic E-state index is -0.252. The summed E-state index contributed by atoms with van der Waals surface area (Å²) in [5.74, 6) is -0.324. The van der Waals surface area contributed by atoms with Gasteiger partial charge in [0.15, 0.2) is 11.5 Å². The van der Waals surface area contributed by atoms with Crippen LogP contribution in [0.5, 0.6) is 17.2 Å². The standard InChI is InChI=1S/C16H18O3/c1-3-11-12(4-2)15(18)16(19)13(14(11)17)10-8-6-5-7-9-10/h5-9,17-19H,3-4H2,1-2H3. The van der Waals surface area contributed by atoms with Crippen molar-refractivity contribution in [3.63, 3.8) is 0 Å². The van der Waals surface area contributed by atoms with Crippen molar-refractivity contribution in [1.29, 1.82) is 0 Å². The molecule has 2 aromatic carbocycles. The number of rotatable bonds is 3. The van der Waals surface area contributed by atoms with E-state index in [-0.39, 0.29) is 17.2 Å². The number of aromatic hydroxyl groups is 3. The molecule has 0 unspecified atom stereocenters. The molecule has 3 nitrogen and oxygen atoms in total. The predicted molar refractivity (Wildman–Crippen MR) is 75.6 cm³/mol. The third-order valence-electron chi connectivity index (χ3n) is 3.40. The molecular weight excluding hydrogens is 240 g/mol. The van der Waals surface area contributed by atoms with Crippen molar-refractivity contribution in [2.24, 2.45) is 0 Å². The van der Waals surface area contributed by atoms with E-state index in [9.17, 15) is 15.3 Å². The lowest BCUT2D eigenvalue weighted by atomic mass is 9.93. The minimum absolute atomic E-state index is 0.0563. The zero-order chi connectivity index (χ0) is 14.0. The summed E-state index contributed by atoms with van der Waals surface area (Å²) in [6.45, 7) is 3.80. The van der Waals surface area contributed by atoms with Gasteiger partial charge in [-0.25, -0.2) is 0 Å². The zero-order valence-electron chi connectivity index (χ0n) is 11.1. The first-order valence-corrected chi connectivity index (χ1v) is 6.45. The molecule has 0 aliphatic heterocycles. The van der Waals surface area contributed by atoms with Gasteiger partial charge < -0.3 is 15.3 Å². The maximum absolute atomic E-state index is 10.4. The smallest absolute Gasteiger partial charge is 0.169 e. The molecule has 19 heavy (non-hydrogen) atoms. The zero-order valence-corrected chi connectivity index (χ0v) is 11.1. The van der Waals surface area contributed by atoms with Crippen LogP contribution in [-0.2, 0) is 12.8 Å². The highest BCUT2D eigenvalue weighted by Crippen LogP contribution is 2.48. The number of benzene rings is 2. The Morgan fingerprint density at radius 2 is 1.26 bits per heavy atom. The van der Waals surface area contributed by atoms with Crippen molar-refractivity contribution in [2.75, 3.05) is 0 Å². The van der Waals surface area contributed by atoms with Crippen LogP contribution >= 0.6 is 0 Å². The van der Waals surface area contributed by atoms with Gasteiger partial charge in [-0.2, -0.15) is 0 Å². The first kappa shape index (κ1) is 13.3. The van der Waals surface area contributed by atoms with E-state index >= 15 is 0 Å². The third kappa shape index (κ3) is 2.12. The van der Waals surface area contributed by atoms with Gasteiger partial charge in [-0.3, -0.25) is 0 Å². The Bertz CT molecular complexity index is 589. The van der Waals surface area contributed by atoms with Crippen LogP contribution in [0.3, 0.4) is 0 Å². The van der Waals surface area contributed by atoms with Crippen LogP contribution in [0.4, 0.5) is 0 Å². The molecule has 0 saturated carbocycles. The molecule has 0 bridgehead atoms. The fourth-order valence-corrected chi connectivity index (χ4v) is 2.45. The molecule has 3 heteroatoms. The van der Waals surface area contributed by atoms with Crippen molar-refractivity contribution in [3.8, 4) is 28.4 Å². The molecule has 0 aromatic heterocycles. The molecule has 0 heterocycles. The molecule has 0 atom stereocenters. The van der Waals surface area contributed by atoms with Crippen LogP contribution in [0.1, 0.15) is 25.0 Å². The summed E-state index contributed by atoms with van der Waals surface area (Å²) in [5.41, 5.74) is 2.28. The van der Waals surface area contributed by atoms with Gasteiger partial charge in [0.25, 0.3) is 0 Å². The second kappa shape index (κ2) is 5.22. The second-order valence-electron chi connectivity index (χ2n) is 4.45. The van der Waals surface area contributed by atoms with E-state index in [4.69, 9.17) is 0 Å². The highest BCUT2D eigenvalue weighted by molar-refractivity contribution is 5.82. The summed E-state index contributed by atoms with van der Waals surface area (Å²) in [7, 11) is 0. The van der Waals surface area contributed by atoms with E-state index in [0.29, 0.717) is 35.1 Å². The average Bonchev–Trinajstić information content (AvgIpc) is 2.44. The molecule has 2 aromatic rings. The molecule has 0 saturated heterocycles. The van der Waals surface area contributed by atoms with Crippen molar-refractivity contribution in [3.05, 3.63) is 41.5 Å². The van der Waals surface area contributed by atoms with Crippen LogP contribution in [0.25, 0.3) is 11.1 Å². The van der Waals surface area contributed by atoms with Crippen LogP contribution in [0, 0.1) is 0 Å². The van der Waals surface area contributed by atoms with E-state index in [1.54, 1.807) is 12.1 Å². The van der Waals surface area contributed by atoms with Crippen molar-refractivity contribution in [1.82, 2.24) is 0 Å². The molecule has 2 rings (SSSR count). The fraction of sp³-hybridized carbons (Fsp3) is 0.250. The fourth-order valence-electron chi connectivity index (χ4n) is 2.45. The normalized spacial score (nSPS) is 10.6. The van der Waals surface area contributed by atoms with Gasteiger partial charge in [-0.15, -0.1) is 0 Å². The lowest BCUT2D eigenvalue weighted by Crippen LogP contribution is -1.96. The van der Waals surface area contributed by atoms with E-state index in [1.807, 2.05) is 32.0 Å².